The fraction of sp³-hybridized carbons (Fsp3) is 0.588. The number of benzene rings is 1. The van der Waals surface area contributed by atoms with Crippen LogP contribution in [0.3, 0.4) is 0 Å². The van der Waals surface area contributed by atoms with E-state index < -0.39 is 0 Å². The second kappa shape index (κ2) is 10.5. The van der Waals surface area contributed by atoms with E-state index in [-0.39, 0.29) is 24.4 Å². The summed E-state index contributed by atoms with van der Waals surface area (Å²) in [5.74, 6) is 0.853. The lowest BCUT2D eigenvalue weighted by Gasteiger charge is -2.16. The normalized spacial score (nSPS) is 16.7. The Bertz CT molecular complexity index is 491. The number of carbonyl (C=O) groups excluding carboxylic acids is 1. The summed E-state index contributed by atoms with van der Waals surface area (Å²) < 4.78 is 11.5. The molecule has 3 N–H and O–H groups in total. The standard InChI is InChI=1S/C17H26N2O3.ClH/c1-13-6-7-14(11-19-17(20)5-2-8-18)16(10-13)22-12-15-4-3-9-21-15;/h6-7,10,15H,2-5,8-9,11-12,18H2,1H3,(H,19,20);1H. The molecule has 0 bridgehead atoms. The third kappa shape index (κ3) is 6.77. The minimum atomic E-state index is 0. The van der Waals surface area contributed by atoms with Crippen LogP contribution in [0.25, 0.3) is 0 Å². The minimum Gasteiger partial charge on any atom is -0.491 e. The van der Waals surface area contributed by atoms with Gasteiger partial charge in [0.2, 0.25) is 5.91 Å². The van der Waals surface area contributed by atoms with Crippen molar-refractivity contribution in [1.82, 2.24) is 5.32 Å². The first-order chi connectivity index (χ1) is 10.7. The first kappa shape index (κ1) is 19.7. The van der Waals surface area contributed by atoms with Crippen molar-refractivity contribution < 1.29 is 14.3 Å². The number of rotatable bonds is 8. The Labute approximate surface area is 144 Å². The Morgan fingerprint density at radius 2 is 2.30 bits per heavy atom. The van der Waals surface area contributed by atoms with E-state index in [9.17, 15) is 4.79 Å². The zero-order valence-corrected chi connectivity index (χ0v) is 14.5. The molecule has 2 rings (SSSR count). The highest BCUT2D eigenvalue weighted by molar-refractivity contribution is 5.85. The van der Waals surface area contributed by atoms with Crippen molar-refractivity contribution in [3.05, 3.63) is 29.3 Å². The van der Waals surface area contributed by atoms with Gasteiger partial charge in [0.25, 0.3) is 0 Å². The number of aryl methyl sites for hydroxylation is 1. The molecular formula is C17H27ClN2O3. The van der Waals surface area contributed by atoms with Crippen LogP contribution in [-0.2, 0) is 16.1 Å². The van der Waals surface area contributed by atoms with E-state index in [4.69, 9.17) is 15.2 Å². The van der Waals surface area contributed by atoms with Gasteiger partial charge in [-0.1, -0.05) is 12.1 Å². The molecule has 1 heterocycles. The third-order valence-electron chi connectivity index (χ3n) is 3.76. The number of amides is 1. The molecule has 1 amide bonds. The molecule has 0 spiro atoms. The van der Waals surface area contributed by atoms with E-state index in [0.717, 1.165) is 36.3 Å². The predicted molar refractivity (Wildman–Crippen MR) is 93.0 cm³/mol. The van der Waals surface area contributed by atoms with Crippen LogP contribution in [0.2, 0.25) is 0 Å². The van der Waals surface area contributed by atoms with Gasteiger partial charge in [-0.3, -0.25) is 4.79 Å². The molecular weight excluding hydrogens is 316 g/mol. The van der Waals surface area contributed by atoms with Crippen LogP contribution in [0.15, 0.2) is 18.2 Å². The maximum Gasteiger partial charge on any atom is 0.220 e. The maximum absolute atomic E-state index is 11.7. The molecule has 23 heavy (non-hydrogen) atoms. The summed E-state index contributed by atoms with van der Waals surface area (Å²) in [5.41, 5.74) is 7.54. The Hall–Kier alpha value is -1.30. The largest absolute Gasteiger partial charge is 0.491 e. The van der Waals surface area contributed by atoms with Crippen molar-refractivity contribution in [3.63, 3.8) is 0 Å². The van der Waals surface area contributed by atoms with E-state index in [1.165, 1.54) is 0 Å². The summed E-state index contributed by atoms with van der Waals surface area (Å²) in [7, 11) is 0. The van der Waals surface area contributed by atoms with E-state index in [1.54, 1.807) is 0 Å². The Morgan fingerprint density at radius 1 is 1.48 bits per heavy atom. The molecule has 1 fully saturated rings. The quantitative estimate of drug-likeness (QED) is 0.760. The van der Waals surface area contributed by atoms with Gasteiger partial charge in [0, 0.05) is 25.1 Å². The maximum atomic E-state index is 11.7. The van der Waals surface area contributed by atoms with E-state index >= 15 is 0 Å². The average Bonchev–Trinajstić information content (AvgIpc) is 3.03. The van der Waals surface area contributed by atoms with Crippen LogP contribution in [0, 0.1) is 6.92 Å². The van der Waals surface area contributed by atoms with Crippen LogP contribution in [0.1, 0.15) is 36.8 Å². The number of ether oxygens (including phenoxy) is 2. The van der Waals surface area contributed by atoms with Crippen LogP contribution < -0.4 is 15.8 Å². The van der Waals surface area contributed by atoms with E-state index in [1.807, 2.05) is 25.1 Å². The summed E-state index contributed by atoms with van der Waals surface area (Å²) in [6.45, 7) is 4.43. The topological polar surface area (TPSA) is 73.6 Å². The summed E-state index contributed by atoms with van der Waals surface area (Å²) in [5, 5.41) is 2.92. The molecule has 1 unspecified atom stereocenters. The number of nitrogens with two attached hydrogens (primary N) is 1. The number of halogens is 1. The SMILES string of the molecule is Cc1ccc(CNC(=O)CCCN)c(OCC2CCCO2)c1.Cl. The molecule has 130 valence electrons. The highest BCUT2D eigenvalue weighted by atomic mass is 35.5. The lowest BCUT2D eigenvalue weighted by molar-refractivity contribution is -0.121. The van der Waals surface area contributed by atoms with Crippen molar-refractivity contribution in [1.29, 1.82) is 0 Å². The second-order valence-corrected chi connectivity index (χ2v) is 5.73. The molecule has 0 aliphatic carbocycles. The minimum absolute atomic E-state index is 0. The number of carbonyl (C=O) groups is 1. The van der Waals surface area contributed by atoms with Gasteiger partial charge in [-0.15, -0.1) is 12.4 Å². The Morgan fingerprint density at radius 3 is 3.00 bits per heavy atom. The van der Waals surface area contributed by atoms with Crippen molar-refractivity contribution in [2.45, 2.75) is 45.3 Å². The summed E-state index contributed by atoms with van der Waals surface area (Å²) in [4.78, 5) is 11.7. The first-order valence-corrected chi connectivity index (χ1v) is 7.99. The second-order valence-electron chi connectivity index (χ2n) is 5.73. The summed E-state index contributed by atoms with van der Waals surface area (Å²) >= 11 is 0. The Kier molecular flexibility index (Phi) is 8.99. The zero-order valence-electron chi connectivity index (χ0n) is 13.7. The van der Waals surface area contributed by atoms with Gasteiger partial charge >= 0.3 is 0 Å². The van der Waals surface area contributed by atoms with Crippen molar-refractivity contribution >= 4 is 18.3 Å². The zero-order chi connectivity index (χ0) is 15.8. The lowest BCUT2D eigenvalue weighted by atomic mass is 10.1. The van der Waals surface area contributed by atoms with Crippen LogP contribution >= 0.6 is 12.4 Å². The van der Waals surface area contributed by atoms with Gasteiger partial charge in [0.15, 0.2) is 0 Å². The third-order valence-corrected chi connectivity index (χ3v) is 3.76. The van der Waals surface area contributed by atoms with Crippen LogP contribution in [-0.4, -0.2) is 31.8 Å². The van der Waals surface area contributed by atoms with Crippen molar-refractivity contribution in [3.8, 4) is 5.75 Å². The van der Waals surface area contributed by atoms with Crippen molar-refractivity contribution in [2.75, 3.05) is 19.8 Å². The fourth-order valence-corrected chi connectivity index (χ4v) is 2.45. The van der Waals surface area contributed by atoms with Crippen molar-refractivity contribution in [2.24, 2.45) is 5.73 Å². The van der Waals surface area contributed by atoms with E-state index in [0.29, 0.717) is 32.5 Å². The Balaban J connectivity index is 0.00000264. The summed E-state index contributed by atoms with van der Waals surface area (Å²) in [6.07, 6.45) is 3.52. The molecule has 1 aliphatic rings. The van der Waals surface area contributed by atoms with Gasteiger partial charge in [-0.25, -0.2) is 0 Å². The van der Waals surface area contributed by atoms with Gasteiger partial charge in [-0.05, 0) is 44.4 Å². The van der Waals surface area contributed by atoms with Gasteiger partial charge in [0.1, 0.15) is 12.4 Å². The van der Waals surface area contributed by atoms with E-state index in [2.05, 4.69) is 5.32 Å². The van der Waals surface area contributed by atoms with Crippen LogP contribution in [0.4, 0.5) is 0 Å². The highest BCUT2D eigenvalue weighted by Crippen LogP contribution is 2.22. The molecule has 1 aromatic rings. The molecule has 0 radical (unpaired) electrons. The van der Waals surface area contributed by atoms with Gasteiger partial charge in [-0.2, -0.15) is 0 Å². The monoisotopic (exact) mass is 342 g/mol. The fourth-order valence-electron chi connectivity index (χ4n) is 2.45. The summed E-state index contributed by atoms with van der Waals surface area (Å²) in [6, 6.07) is 6.04. The molecule has 1 atom stereocenters. The molecule has 1 aliphatic heterocycles. The number of hydrogen-bond acceptors (Lipinski definition) is 4. The molecule has 6 heteroatoms. The smallest absolute Gasteiger partial charge is 0.220 e. The molecule has 0 saturated carbocycles. The molecule has 5 nitrogen and oxygen atoms in total. The molecule has 0 aromatic heterocycles. The average molecular weight is 343 g/mol. The first-order valence-electron chi connectivity index (χ1n) is 7.99. The molecule has 1 aromatic carbocycles. The molecule has 1 saturated heterocycles. The van der Waals surface area contributed by atoms with Gasteiger partial charge in [0.05, 0.1) is 6.10 Å². The van der Waals surface area contributed by atoms with Crippen LogP contribution in [0.5, 0.6) is 5.75 Å². The lowest BCUT2D eigenvalue weighted by Crippen LogP contribution is -2.24. The predicted octanol–water partition coefficient (Wildman–Crippen LogP) is 2.33. The highest BCUT2D eigenvalue weighted by Gasteiger charge is 2.17. The number of hydrogen-bond donors (Lipinski definition) is 2. The number of nitrogens with one attached hydrogen (secondary N) is 1. The van der Waals surface area contributed by atoms with Gasteiger partial charge < -0.3 is 20.5 Å².